The second kappa shape index (κ2) is 11.7. The van der Waals surface area contributed by atoms with Gasteiger partial charge in [-0.1, -0.05) is 32.3 Å². The van der Waals surface area contributed by atoms with Crippen molar-refractivity contribution in [3.05, 3.63) is 12.3 Å². The summed E-state index contributed by atoms with van der Waals surface area (Å²) in [5, 5.41) is 6.97. The molecule has 2 aliphatic rings. The number of carbonyl (C=O) groups is 2. The predicted molar refractivity (Wildman–Crippen MR) is 133 cm³/mol. The molecule has 33 heavy (non-hydrogen) atoms. The number of esters is 2. The predicted octanol–water partition coefficient (Wildman–Crippen LogP) is 5.55. The molecule has 0 aromatic heterocycles. The van der Waals surface area contributed by atoms with Gasteiger partial charge in [0.25, 0.3) is 0 Å². The first-order valence-electron chi connectivity index (χ1n) is 12.9. The first kappa shape index (κ1) is 27.7. The fraction of sp³-hybridized carbons (Fsp3) is 0.852. The molecule has 0 amide bonds. The van der Waals surface area contributed by atoms with Crippen LogP contribution in [0.25, 0.3) is 0 Å². The van der Waals surface area contributed by atoms with Crippen molar-refractivity contribution in [1.82, 2.24) is 10.6 Å². The van der Waals surface area contributed by atoms with E-state index in [0.29, 0.717) is 19.3 Å². The van der Waals surface area contributed by atoms with E-state index in [1.54, 1.807) is 0 Å². The van der Waals surface area contributed by atoms with Gasteiger partial charge in [-0.3, -0.25) is 9.59 Å². The Bertz CT molecular complexity index is 668. The molecule has 0 aromatic rings. The Kier molecular flexibility index (Phi) is 9.83. The summed E-state index contributed by atoms with van der Waals surface area (Å²) in [6, 6.07) is 0. The summed E-state index contributed by atoms with van der Waals surface area (Å²) >= 11 is 0. The van der Waals surface area contributed by atoms with Crippen LogP contribution in [-0.4, -0.2) is 40.8 Å². The monoisotopic (exact) mass is 464 g/mol. The molecular weight excluding hydrogens is 416 g/mol. The van der Waals surface area contributed by atoms with Crippen molar-refractivity contribution < 1.29 is 19.1 Å². The largest absolute Gasteiger partial charge is 0.462 e. The third-order valence-corrected chi connectivity index (χ3v) is 6.49. The maximum atomic E-state index is 12.3. The quantitative estimate of drug-likeness (QED) is 0.308. The van der Waals surface area contributed by atoms with E-state index in [1.165, 1.54) is 0 Å². The van der Waals surface area contributed by atoms with E-state index in [9.17, 15) is 9.59 Å². The maximum absolute atomic E-state index is 12.3. The van der Waals surface area contributed by atoms with Crippen molar-refractivity contribution >= 4 is 11.9 Å². The molecule has 6 nitrogen and oxygen atoms in total. The third kappa shape index (κ3) is 10.9. The SMILES string of the molecule is C=C1CC(OC(=O)CCCCCCCCC(=O)OC2CC(C)(C)NC(C)(C)C2)CC(C)(C)N1. The van der Waals surface area contributed by atoms with Crippen LogP contribution in [0.15, 0.2) is 12.3 Å². The zero-order valence-electron chi connectivity index (χ0n) is 22.0. The van der Waals surface area contributed by atoms with Crippen LogP contribution in [0.2, 0.25) is 0 Å². The lowest BCUT2D eigenvalue weighted by atomic mass is 9.81. The Hall–Kier alpha value is -1.56. The average molecular weight is 465 g/mol. The summed E-state index contributed by atoms with van der Waals surface area (Å²) in [5.74, 6) is -0.169. The summed E-state index contributed by atoms with van der Waals surface area (Å²) in [6.45, 7) is 16.9. The van der Waals surface area contributed by atoms with Gasteiger partial charge in [-0.2, -0.15) is 0 Å². The van der Waals surface area contributed by atoms with E-state index >= 15 is 0 Å². The van der Waals surface area contributed by atoms with Gasteiger partial charge >= 0.3 is 11.9 Å². The van der Waals surface area contributed by atoms with Crippen molar-refractivity contribution in [3.8, 4) is 0 Å². The Morgan fingerprint density at radius 2 is 1.18 bits per heavy atom. The van der Waals surface area contributed by atoms with Crippen LogP contribution in [0.1, 0.15) is 119 Å². The van der Waals surface area contributed by atoms with Crippen molar-refractivity contribution in [1.29, 1.82) is 0 Å². The van der Waals surface area contributed by atoms with E-state index in [-0.39, 0.29) is 40.8 Å². The maximum Gasteiger partial charge on any atom is 0.306 e. The smallest absolute Gasteiger partial charge is 0.306 e. The van der Waals surface area contributed by atoms with E-state index in [1.807, 2.05) is 0 Å². The molecule has 1 atom stereocenters. The number of hydrogen-bond acceptors (Lipinski definition) is 6. The normalized spacial score (nSPS) is 24.1. The topological polar surface area (TPSA) is 76.7 Å². The zero-order chi connectivity index (χ0) is 24.7. The van der Waals surface area contributed by atoms with Gasteiger partial charge in [0, 0.05) is 60.8 Å². The van der Waals surface area contributed by atoms with Crippen LogP contribution >= 0.6 is 0 Å². The molecule has 6 heteroatoms. The number of rotatable bonds is 11. The lowest BCUT2D eigenvalue weighted by molar-refractivity contribution is -0.153. The molecule has 190 valence electrons. The highest BCUT2D eigenvalue weighted by Crippen LogP contribution is 2.30. The zero-order valence-corrected chi connectivity index (χ0v) is 22.0. The van der Waals surface area contributed by atoms with Gasteiger partial charge in [-0.15, -0.1) is 0 Å². The Balaban J connectivity index is 1.49. The van der Waals surface area contributed by atoms with E-state index in [0.717, 1.165) is 63.5 Å². The average Bonchev–Trinajstić information content (AvgIpc) is 2.59. The molecule has 0 spiro atoms. The highest BCUT2D eigenvalue weighted by molar-refractivity contribution is 5.69. The number of unbranched alkanes of at least 4 members (excludes halogenated alkanes) is 5. The number of hydrogen-bond donors (Lipinski definition) is 2. The lowest BCUT2D eigenvalue weighted by Gasteiger charge is -2.45. The highest BCUT2D eigenvalue weighted by Gasteiger charge is 2.39. The van der Waals surface area contributed by atoms with Crippen LogP contribution in [0, 0.1) is 0 Å². The number of piperidine rings is 2. The van der Waals surface area contributed by atoms with Crippen LogP contribution in [-0.2, 0) is 19.1 Å². The van der Waals surface area contributed by atoms with Crippen LogP contribution in [0.4, 0.5) is 0 Å². The summed E-state index contributed by atoms with van der Waals surface area (Å²) < 4.78 is 11.4. The molecule has 2 aliphatic heterocycles. The van der Waals surface area contributed by atoms with Crippen LogP contribution < -0.4 is 10.6 Å². The molecule has 0 aliphatic carbocycles. The molecule has 0 aromatic carbocycles. The van der Waals surface area contributed by atoms with Crippen molar-refractivity contribution in [2.24, 2.45) is 0 Å². The molecule has 2 heterocycles. The molecular formula is C27H48N2O4. The number of nitrogens with one attached hydrogen (secondary N) is 2. The first-order chi connectivity index (χ1) is 15.3. The third-order valence-electron chi connectivity index (χ3n) is 6.49. The molecule has 2 N–H and O–H groups in total. The lowest BCUT2D eigenvalue weighted by Crippen LogP contribution is -2.59. The van der Waals surface area contributed by atoms with Gasteiger partial charge in [-0.05, 0) is 54.4 Å². The van der Waals surface area contributed by atoms with Gasteiger partial charge < -0.3 is 20.1 Å². The van der Waals surface area contributed by atoms with Crippen molar-refractivity contribution in [2.75, 3.05) is 0 Å². The molecule has 2 fully saturated rings. The summed E-state index contributed by atoms with van der Waals surface area (Å²) in [4.78, 5) is 24.4. The summed E-state index contributed by atoms with van der Waals surface area (Å²) in [7, 11) is 0. The molecule has 2 rings (SSSR count). The van der Waals surface area contributed by atoms with Gasteiger partial charge in [0.15, 0.2) is 0 Å². The summed E-state index contributed by atoms with van der Waals surface area (Å²) in [6.07, 6.45) is 10.1. The Morgan fingerprint density at radius 1 is 0.758 bits per heavy atom. The second-order valence-corrected chi connectivity index (χ2v) is 12.2. The highest BCUT2D eigenvalue weighted by atomic mass is 16.5. The van der Waals surface area contributed by atoms with Gasteiger partial charge in [0.05, 0.1) is 0 Å². The minimum absolute atomic E-state index is 0.00230. The van der Waals surface area contributed by atoms with E-state index in [2.05, 4.69) is 58.8 Å². The second-order valence-electron chi connectivity index (χ2n) is 12.2. The minimum atomic E-state index is -0.0995. The van der Waals surface area contributed by atoms with Crippen LogP contribution in [0.3, 0.4) is 0 Å². The molecule has 1 unspecified atom stereocenters. The Labute approximate surface area is 201 Å². The van der Waals surface area contributed by atoms with Gasteiger partial charge in [-0.25, -0.2) is 0 Å². The number of carbonyl (C=O) groups excluding carboxylic acids is 2. The molecule has 0 saturated carbocycles. The fourth-order valence-corrected chi connectivity index (χ4v) is 5.63. The summed E-state index contributed by atoms with van der Waals surface area (Å²) in [5.41, 5.74) is 0.833. The van der Waals surface area contributed by atoms with E-state index in [4.69, 9.17) is 9.47 Å². The van der Waals surface area contributed by atoms with Crippen molar-refractivity contribution in [3.63, 3.8) is 0 Å². The van der Waals surface area contributed by atoms with Crippen LogP contribution in [0.5, 0.6) is 0 Å². The van der Waals surface area contributed by atoms with Crippen molar-refractivity contribution in [2.45, 2.75) is 147 Å². The first-order valence-corrected chi connectivity index (χ1v) is 12.9. The Morgan fingerprint density at radius 3 is 1.67 bits per heavy atom. The van der Waals surface area contributed by atoms with E-state index < -0.39 is 0 Å². The number of ether oxygens (including phenoxy) is 2. The molecule has 2 saturated heterocycles. The fourth-order valence-electron chi connectivity index (χ4n) is 5.63. The minimum Gasteiger partial charge on any atom is -0.462 e. The van der Waals surface area contributed by atoms with Gasteiger partial charge in [0.1, 0.15) is 12.2 Å². The molecule has 0 bridgehead atoms. The van der Waals surface area contributed by atoms with Gasteiger partial charge in [0.2, 0.25) is 0 Å². The molecule has 0 radical (unpaired) electrons. The standard InChI is InChI=1S/C27H48N2O4/c1-20-16-21(17-25(2,3)28-20)32-23(30)14-12-10-8-9-11-13-15-24(31)33-22-18-26(4,5)29-27(6,7)19-22/h21-22,28-29H,1,8-19H2,2-7H3.